The van der Waals surface area contributed by atoms with Crippen molar-refractivity contribution in [3.05, 3.63) is 101 Å². The zero-order valence-electron chi connectivity index (χ0n) is 25.7. The Hall–Kier alpha value is -3.11. The van der Waals surface area contributed by atoms with E-state index in [-0.39, 0.29) is 11.4 Å². The number of carbonyl (C=O) groups is 1. The summed E-state index contributed by atoms with van der Waals surface area (Å²) in [7, 11) is 0. The summed E-state index contributed by atoms with van der Waals surface area (Å²) in [6.45, 7) is 8.35. The fraction of sp³-hybridized carbons (Fsp3) is 0.486. The molecule has 3 rings (SSSR count). The van der Waals surface area contributed by atoms with Gasteiger partial charge in [-0.2, -0.15) is 0 Å². The summed E-state index contributed by atoms with van der Waals surface area (Å²) in [4.78, 5) is 16.5. The van der Waals surface area contributed by atoms with Crippen LogP contribution in [0.5, 0.6) is 5.75 Å². The van der Waals surface area contributed by atoms with Gasteiger partial charge < -0.3 is 15.4 Å². The first kappa shape index (κ1) is 32.4. The SMILES string of the molecule is CCCCCc1ccc(C(=O)N(Cc2ccc(OCc3ccccc3)cc2)C(CCN)(CCCC)CCCC)cc1. The Kier molecular flexibility index (Phi) is 13.9. The van der Waals surface area contributed by atoms with Gasteiger partial charge in [-0.3, -0.25) is 4.79 Å². The molecule has 0 unspecified atom stereocenters. The summed E-state index contributed by atoms with van der Waals surface area (Å²) in [6, 6.07) is 26.8. The minimum Gasteiger partial charge on any atom is -0.489 e. The number of nitrogens with zero attached hydrogens (tertiary/aromatic N) is 1. The molecule has 4 nitrogen and oxygen atoms in total. The van der Waals surface area contributed by atoms with Crippen molar-refractivity contribution < 1.29 is 9.53 Å². The largest absolute Gasteiger partial charge is 0.489 e. The number of nitrogens with two attached hydrogens (primary N) is 1. The van der Waals surface area contributed by atoms with Crippen molar-refractivity contribution in [2.45, 2.75) is 110 Å². The molecule has 3 aromatic rings. The highest BCUT2D eigenvalue weighted by Gasteiger charge is 2.38. The number of carbonyl (C=O) groups excluding carboxylic acids is 1. The average molecular weight is 557 g/mol. The number of ether oxygens (including phenoxy) is 1. The third-order valence-electron chi connectivity index (χ3n) is 8.20. The van der Waals surface area contributed by atoms with Crippen molar-refractivity contribution in [3.8, 4) is 5.75 Å². The highest BCUT2D eigenvalue weighted by Crippen LogP contribution is 2.35. The molecule has 0 fully saturated rings. The average Bonchev–Trinajstić information content (AvgIpc) is 3.01. The lowest BCUT2D eigenvalue weighted by atomic mass is 9.81. The quantitative estimate of drug-likeness (QED) is 0.150. The first-order valence-electron chi connectivity index (χ1n) is 15.9. The van der Waals surface area contributed by atoms with Crippen LogP contribution in [0.2, 0.25) is 0 Å². The van der Waals surface area contributed by atoms with Crippen LogP contribution in [0.25, 0.3) is 0 Å². The number of aryl methyl sites for hydroxylation is 1. The standard InChI is InChI=1S/C37H52N2O2/c1-4-7-11-14-31-17-21-34(22-18-31)36(40)39(37(27-28-38,25-8-5-2)26-9-6-3)29-32-19-23-35(24-20-32)41-30-33-15-12-10-13-16-33/h10,12-13,15-24H,4-9,11,14,25-30,38H2,1-3H3. The monoisotopic (exact) mass is 556 g/mol. The Morgan fingerprint density at radius 1 is 0.707 bits per heavy atom. The van der Waals surface area contributed by atoms with Crippen LogP contribution in [0.15, 0.2) is 78.9 Å². The van der Waals surface area contributed by atoms with Crippen LogP contribution in [0, 0.1) is 0 Å². The zero-order chi connectivity index (χ0) is 29.3. The van der Waals surface area contributed by atoms with E-state index in [0.29, 0.717) is 19.7 Å². The van der Waals surface area contributed by atoms with Crippen LogP contribution in [0.4, 0.5) is 0 Å². The van der Waals surface area contributed by atoms with Gasteiger partial charge in [-0.05, 0) is 79.6 Å². The highest BCUT2D eigenvalue weighted by molar-refractivity contribution is 5.94. The number of hydrogen-bond donors (Lipinski definition) is 1. The molecule has 222 valence electrons. The van der Waals surface area contributed by atoms with E-state index in [1.807, 2.05) is 42.5 Å². The molecule has 0 saturated carbocycles. The normalized spacial score (nSPS) is 11.4. The van der Waals surface area contributed by atoms with Crippen molar-refractivity contribution in [2.24, 2.45) is 5.73 Å². The van der Waals surface area contributed by atoms with Crippen molar-refractivity contribution in [1.29, 1.82) is 0 Å². The highest BCUT2D eigenvalue weighted by atomic mass is 16.5. The minimum absolute atomic E-state index is 0.107. The lowest BCUT2D eigenvalue weighted by molar-refractivity contribution is 0.0328. The number of rotatable bonds is 19. The van der Waals surface area contributed by atoms with Crippen LogP contribution in [0.1, 0.15) is 112 Å². The van der Waals surface area contributed by atoms with E-state index in [2.05, 4.69) is 62.1 Å². The van der Waals surface area contributed by atoms with Gasteiger partial charge in [0.05, 0.1) is 0 Å². The molecule has 0 spiro atoms. The maximum absolute atomic E-state index is 14.4. The van der Waals surface area contributed by atoms with Gasteiger partial charge in [0.25, 0.3) is 5.91 Å². The van der Waals surface area contributed by atoms with E-state index in [1.54, 1.807) is 0 Å². The molecule has 2 N–H and O–H groups in total. The second-order valence-corrected chi connectivity index (χ2v) is 11.4. The smallest absolute Gasteiger partial charge is 0.254 e. The number of hydrogen-bond acceptors (Lipinski definition) is 3. The fourth-order valence-electron chi connectivity index (χ4n) is 5.68. The molecule has 0 aliphatic rings. The molecule has 0 atom stereocenters. The third-order valence-corrected chi connectivity index (χ3v) is 8.20. The summed E-state index contributed by atoms with van der Waals surface area (Å²) in [6.07, 6.45) is 11.8. The van der Waals surface area contributed by atoms with Gasteiger partial charge in [0, 0.05) is 17.6 Å². The summed E-state index contributed by atoms with van der Waals surface area (Å²) >= 11 is 0. The van der Waals surface area contributed by atoms with E-state index in [0.717, 1.165) is 73.8 Å². The Bertz CT molecular complexity index is 1120. The van der Waals surface area contributed by atoms with E-state index in [9.17, 15) is 4.79 Å². The van der Waals surface area contributed by atoms with Crippen LogP contribution in [-0.4, -0.2) is 22.9 Å². The molecule has 0 bridgehead atoms. The fourth-order valence-corrected chi connectivity index (χ4v) is 5.68. The van der Waals surface area contributed by atoms with Gasteiger partial charge in [0.15, 0.2) is 0 Å². The number of amides is 1. The van der Waals surface area contributed by atoms with Gasteiger partial charge in [0.2, 0.25) is 0 Å². The molecule has 0 aliphatic heterocycles. The molecule has 0 heterocycles. The van der Waals surface area contributed by atoms with Crippen LogP contribution < -0.4 is 10.5 Å². The van der Waals surface area contributed by atoms with Crippen molar-refractivity contribution in [2.75, 3.05) is 6.54 Å². The lowest BCUT2D eigenvalue weighted by Crippen LogP contribution is -2.52. The second-order valence-electron chi connectivity index (χ2n) is 11.4. The molecular formula is C37H52N2O2. The van der Waals surface area contributed by atoms with Gasteiger partial charge in [-0.1, -0.05) is 114 Å². The third kappa shape index (κ3) is 10.0. The molecule has 0 aliphatic carbocycles. The topological polar surface area (TPSA) is 55.6 Å². The predicted molar refractivity (Wildman–Crippen MR) is 172 cm³/mol. The van der Waals surface area contributed by atoms with Gasteiger partial charge in [-0.25, -0.2) is 0 Å². The van der Waals surface area contributed by atoms with Crippen molar-refractivity contribution in [1.82, 2.24) is 4.90 Å². The molecule has 1 amide bonds. The molecule has 0 saturated heterocycles. The van der Waals surface area contributed by atoms with E-state index >= 15 is 0 Å². The Balaban J connectivity index is 1.87. The van der Waals surface area contributed by atoms with E-state index < -0.39 is 0 Å². The Labute approximate surface area is 249 Å². The maximum Gasteiger partial charge on any atom is 0.254 e. The van der Waals surface area contributed by atoms with Crippen molar-refractivity contribution >= 4 is 5.91 Å². The number of unbranched alkanes of at least 4 members (excludes halogenated alkanes) is 4. The molecular weight excluding hydrogens is 504 g/mol. The van der Waals surface area contributed by atoms with Gasteiger partial charge in [-0.15, -0.1) is 0 Å². The molecule has 4 heteroatoms. The van der Waals surface area contributed by atoms with Crippen LogP contribution in [0.3, 0.4) is 0 Å². The molecule has 3 aromatic carbocycles. The predicted octanol–water partition coefficient (Wildman–Crippen LogP) is 9.11. The molecule has 0 radical (unpaired) electrons. The Morgan fingerprint density at radius 2 is 1.32 bits per heavy atom. The summed E-state index contributed by atoms with van der Waals surface area (Å²) < 4.78 is 6.03. The maximum atomic E-state index is 14.4. The first-order chi connectivity index (χ1) is 20.0. The van der Waals surface area contributed by atoms with Gasteiger partial charge in [0.1, 0.15) is 12.4 Å². The van der Waals surface area contributed by atoms with E-state index in [4.69, 9.17) is 10.5 Å². The minimum atomic E-state index is -0.264. The van der Waals surface area contributed by atoms with Crippen molar-refractivity contribution in [3.63, 3.8) is 0 Å². The summed E-state index contributed by atoms with van der Waals surface area (Å²) in [5.74, 6) is 0.939. The van der Waals surface area contributed by atoms with Crippen LogP contribution in [-0.2, 0) is 19.6 Å². The lowest BCUT2D eigenvalue weighted by Gasteiger charge is -2.45. The molecule has 41 heavy (non-hydrogen) atoms. The second kappa shape index (κ2) is 17.6. The Morgan fingerprint density at radius 3 is 1.90 bits per heavy atom. The van der Waals surface area contributed by atoms with Crippen LogP contribution >= 0.6 is 0 Å². The summed E-state index contributed by atoms with van der Waals surface area (Å²) in [5.41, 5.74) is 10.3. The first-order valence-corrected chi connectivity index (χ1v) is 15.9. The number of benzene rings is 3. The van der Waals surface area contributed by atoms with E-state index in [1.165, 1.54) is 24.8 Å². The zero-order valence-corrected chi connectivity index (χ0v) is 25.7. The molecule has 0 aromatic heterocycles. The summed E-state index contributed by atoms with van der Waals surface area (Å²) in [5, 5.41) is 0. The van der Waals surface area contributed by atoms with Gasteiger partial charge >= 0.3 is 0 Å².